The van der Waals surface area contributed by atoms with Crippen LogP contribution >= 0.6 is 0 Å². The largest absolute Gasteiger partial charge is 0.477 e. The molecule has 0 bridgehead atoms. The lowest BCUT2D eigenvalue weighted by molar-refractivity contribution is -0.406. The third-order valence-electron chi connectivity index (χ3n) is 20.5. The van der Waals surface area contributed by atoms with Crippen LogP contribution in [0.5, 0.6) is 0 Å². The number of unbranched alkanes of at least 4 members (excludes halogenated alkanes) is 22. The van der Waals surface area contributed by atoms with Gasteiger partial charge in [-0.05, 0) is 51.9 Å². The van der Waals surface area contributed by atoms with Gasteiger partial charge in [-0.15, -0.1) is 0 Å². The number of allylic oxidation sites excluding steroid dienone is 3. The van der Waals surface area contributed by atoms with Crippen LogP contribution in [0.15, 0.2) is 24.3 Å². The van der Waals surface area contributed by atoms with Gasteiger partial charge in [-0.1, -0.05) is 154 Å². The Balaban J connectivity index is 1.40. The predicted molar refractivity (Wildman–Crippen MR) is 379 cm³/mol. The molecule has 5 aliphatic rings. The Labute approximate surface area is 627 Å². The van der Waals surface area contributed by atoms with Crippen molar-refractivity contribution in [2.75, 3.05) is 39.6 Å². The van der Waals surface area contributed by atoms with Gasteiger partial charge in [0.15, 0.2) is 25.2 Å². The molecule has 107 heavy (non-hydrogen) atoms. The highest BCUT2D eigenvalue weighted by atomic mass is 16.8. The molecular weight excluding hydrogens is 1410 g/mol. The molecule has 0 saturated carbocycles. The molecule has 5 rings (SSSR count). The summed E-state index contributed by atoms with van der Waals surface area (Å²) in [5.41, 5.74) is 0. The van der Waals surface area contributed by atoms with Crippen LogP contribution in [-0.4, -0.2) is 315 Å². The van der Waals surface area contributed by atoms with E-state index in [9.17, 15) is 106 Å². The quantitative estimate of drug-likeness (QED) is 0.0277. The van der Waals surface area contributed by atoms with E-state index in [0.717, 1.165) is 90.9 Å². The molecule has 0 aromatic rings. The molecule has 0 aromatic heterocycles. The second-order valence-corrected chi connectivity index (χ2v) is 29.3. The lowest BCUT2D eigenvalue weighted by atomic mass is 9.86. The van der Waals surface area contributed by atoms with Gasteiger partial charge in [0.05, 0.1) is 70.0 Å². The highest BCUT2D eigenvalue weighted by molar-refractivity contribution is 5.77. The molecule has 0 spiro atoms. The minimum Gasteiger partial charge on any atom is -0.477 e. The van der Waals surface area contributed by atoms with E-state index in [2.05, 4.69) is 36.6 Å². The Morgan fingerprint density at radius 1 is 0.514 bits per heavy atom. The van der Waals surface area contributed by atoms with Crippen LogP contribution in [-0.2, 0) is 66.5 Å². The standard InChI is InChI=1S/C74H130N2O31/c1-5-7-9-11-13-15-17-19-20-22-24-26-28-30-32-34-54(87)76-46(47(84)33-31-29-27-25-23-21-18-16-14-12-10-8-6-2)42-98-70-62(94)60(92)65(52(40-80)101-70)104-72-63(95)68(107-74(73(96)97)36-48(85)55(75-44(4)83)67(106-74)56(88)49(86)37-77)66(53(41-81)102-72)105-69-45(35-43(3)82)64(58(90)51(39-79)99-69)103-71-61(93)59(91)57(89)50(38-78)100-71/h15,17,31,33,45-53,55-72,77-81,84-86,88-95H,5-14,16,18-30,32,34-42H2,1-4H3,(H,75,83)(H,76,87)(H,96,97)/t45-,46+,47-,48+,49-,50-,51-,52-,53-,55-,56-,57+,58+,59+,60-,61-,62-,63-,64-,65-,66+,67?,68-,69+,70-,71+,72+,74+/m1/s1. The number of rotatable bonds is 52. The Bertz CT molecular complexity index is 2540. The van der Waals surface area contributed by atoms with Gasteiger partial charge in [0, 0.05) is 32.1 Å². The lowest BCUT2D eigenvalue weighted by Gasteiger charge is -2.52. The van der Waals surface area contributed by atoms with Gasteiger partial charge in [0.25, 0.3) is 5.79 Å². The van der Waals surface area contributed by atoms with Crippen molar-refractivity contribution in [3.63, 3.8) is 0 Å². The first-order valence-corrected chi connectivity index (χ1v) is 39.0. The number of carbonyl (C=O) groups excluding carboxylic acids is 3. The summed E-state index contributed by atoms with van der Waals surface area (Å²) in [7, 11) is 0. The molecule has 5 heterocycles. The second-order valence-electron chi connectivity index (χ2n) is 29.3. The number of aliphatic hydroxyl groups is 16. The van der Waals surface area contributed by atoms with Crippen LogP contribution in [0.4, 0.5) is 0 Å². The molecule has 0 radical (unpaired) electrons. The molecule has 19 N–H and O–H groups in total. The summed E-state index contributed by atoms with van der Waals surface area (Å²) in [4.78, 5) is 53.1. The van der Waals surface area contributed by atoms with Crippen molar-refractivity contribution in [2.24, 2.45) is 5.92 Å². The molecule has 5 fully saturated rings. The third-order valence-corrected chi connectivity index (χ3v) is 20.5. The number of hydrogen-bond acceptors (Lipinski definition) is 30. The molecule has 5 saturated heterocycles. The van der Waals surface area contributed by atoms with Gasteiger partial charge in [-0.25, -0.2) is 4.79 Å². The minimum absolute atomic E-state index is 0.128. The number of ether oxygens (including phenoxy) is 10. The van der Waals surface area contributed by atoms with Crippen LogP contribution in [0, 0.1) is 5.92 Å². The highest BCUT2D eigenvalue weighted by Crippen LogP contribution is 2.42. The fourth-order valence-electron chi connectivity index (χ4n) is 14.3. The van der Waals surface area contributed by atoms with E-state index in [0.29, 0.717) is 12.8 Å². The van der Waals surface area contributed by atoms with Crippen LogP contribution in [0.3, 0.4) is 0 Å². The second kappa shape index (κ2) is 49.9. The third kappa shape index (κ3) is 29.1. The van der Waals surface area contributed by atoms with Crippen LogP contribution < -0.4 is 10.6 Å². The minimum atomic E-state index is -3.37. The van der Waals surface area contributed by atoms with Crippen LogP contribution in [0.2, 0.25) is 0 Å². The lowest BCUT2D eigenvalue weighted by Crippen LogP contribution is -2.71. The number of amides is 2. The van der Waals surface area contributed by atoms with E-state index in [-0.39, 0.29) is 12.3 Å². The Hall–Kier alpha value is -3.48. The molecule has 1 unspecified atom stereocenters. The van der Waals surface area contributed by atoms with E-state index in [1.807, 2.05) is 6.08 Å². The maximum atomic E-state index is 13.8. The van der Waals surface area contributed by atoms with Crippen molar-refractivity contribution < 1.29 is 153 Å². The molecule has 0 aromatic carbocycles. The summed E-state index contributed by atoms with van der Waals surface area (Å²) in [6.45, 7) is 0.483. The molecule has 0 aliphatic carbocycles. The Kier molecular flexibility index (Phi) is 43.9. The first-order chi connectivity index (χ1) is 51.3. The Morgan fingerprint density at radius 2 is 0.981 bits per heavy atom. The number of ketones is 1. The molecule has 33 nitrogen and oxygen atoms in total. The number of carbonyl (C=O) groups is 4. The normalized spacial score (nSPS) is 34.7. The first kappa shape index (κ1) is 94.1. The van der Waals surface area contributed by atoms with Crippen molar-refractivity contribution in [3.05, 3.63) is 24.3 Å². The zero-order valence-corrected chi connectivity index (χ0v) is 62.8. The molecule has 33 heteroatoms. The van der Waals surface area contributed by atoms with E-state index in [1.54, 1.807) is 0 Å². The molecule has 28 atom stereocenters. The highest BCUT2D eigenvalue weighted by Gasteiger charge is 2.62. The predicted octanol–water partition coefficient (Wildman–Crippen LogP) is -0.176. The molecule has 2 amide bonds. The van der Waals surface area contributed by atoms with Crippen molar-refractivity contribution in [1.29, 1.82) is 0 Å². The van der Waals surface area contributed by atoms with Gasteiger partial charge in [-0.2, -0.15) is 0 Å². The topological polar surface area (TPSA) is 529 Å². The van der Waals surface area contributed by atoms with E-state index >= 15 is 0 Å². The fourth-order valence-corrected chi connectivity index (χ4v) is 14.3. The molecular formula is C74H130N2O31. The summed E-state index contributed by atoms with van der Waals surface area (Å²) in [5, 5.41) is 195. The maximum Gasteiger partial charge on any atom is 0.364 e. The van der Waals surface area contributed by atoms with Gasteiger partial charge in [0.2, 0.25) is 11.8 Å². The van der Waals surface area contributed by atoms with Crippen molar-refractivity contribution in [3.8, 4) is 0 Å². The van der Waals surface area contributed by atoms with Crippen molar-refractivity contribution in [2.45, 2.75) is 373 Å². The van der Waals surface area contributed by atoms with Crippen LogP contribution in [0.1, 0.15) is 207 Å². The van der Waals surface area contributed by atoms with Gasteiger partial charge in [0.1, 0.15) is 110 Å². The summed E-state index contributed by atoms with van der Waals surface area (Å²) in [6.07, 6.45) is -15.6. The summed E-state index contributed by atoms with van der Waals surface area (Å²) >= 11 is 0. The maximum absolute atomic E-state index is 13.8. The summed E-state index contributed by atoms with van der Waals surface area (Å²) < 4.78 is 60.3. The SMILES string of the molecule is CCCCCCC=CCCCCCCCCCC(=O)N[C@@H](CO[C@@H]1O[C@H](CO)[C@@H](O[C@@H]2O[C@H](CO)[C@H](O[C@@H]3O[C@H](CO)[C@H](O)[C@H](O[C@@H]4O[C@H](CO)[C@H](O)[C@H](O)[C@H]4O)[C@H]3CC(C)=O)[C@H](O[C@]3(C(=O)O)C[C@H](O)[C@@H](NC(C)=O)C([C@H](O)[C@H](O)CO)O3)[C@H]2O)[C@H](O)[C@H]1O)[C@H](O)C=CCCCCCCCCCCCCC. The monoisotopic (exact) mass is 1540 g/mol. The number of hydrogen-bond donors (Lipinski definition) is 19. The van der Waals surface area contributed by atoms with E-state index in [4.69, 9.17) is 47.4 Å². The number of aliphatic carboxylic acids is 1. The zero-order chi connectivity index (χ0) is 78.8. The fraction of sp³-hybridized carbons (Fsp3) is 0.892. The summed E-state index contributed by atoms with van der Waals surface area (Å²) in [5.74, 6) is -9.09. The number of nitrogens with one attached hydrogen (secondary N) is 2. The average Bonchev–Trinajstić information content (AvgIpc) is 0.754. The molecule has 5 aliphatic heterocycles. The van der Waals surface area contributed by atoms with E-state index in [1.165, 1.54) is 76.7 Å². The van der Waals surface area contributed by atoms with Gasteiger partial charge < -0.3 is 150 Å². The van der Waals surface area contributed by atoms with Crippen molar-refractivity contribution >= 4 is 23.6 Å². The average molecular weight is 1540 g/mol. The van der Waals surface area contributed by atoms with Crippen LogP contribution in [0.25, 0.3) is 0 Å². The van der Waals surface area contributed by atoms with Crippen molar-refractivity contribution in [1.82, 2.24) is 10.6 Å². The van der Waals surface area contributed by atoms with E-state index < -0.39 is 241 Å². The number of carboxylic acid groups (broad SMARTS) is 1. The Morgan fingerprint density at radius 3 is 1.52 bits per heavy atom. The number of carboxylic acids is 1. The number of aliphatic hydroxyl groups excluding tert-OH is 16. The van der Waals surface area contributed by atoms with Gasteiger partial charge in [-0.3, -0.25) is 9.59 Å². The smallest absolute Gasteiger partial charge is 0.364 e. The van der Waals surface area contributed by atoms with Gasteiger partial charge >= 0.3 is 5.97 Å². The summed E-state index contributed by atoms with van der Waals surface area (Å²) in [6, 6.07) is -2.90. The number of Topliss-reactive ketones (excluding diaryl/α,β-unsaturated/α-hetero) is 1. The molecule has 622 valence electrons. The zero-order valence-electron chi connectivity index (χ0n) is 62.8. The first-order valence-electron chi connectivity index (χ1n) is 39.0.